The van der Waals surface area contributed by atoms with Gasteiger partial charge < -0.3 is 10.5 Å². The molecule has 0 aliphatic heterocycles. The highest BCUT2D eigenvalue weighted by molar-refractivity contribution is 6.18. The van der Waals surface area contributed by atoms with E-state index in [-0.39, 0.29) is 5.97 Å². The summed E-state index contributed by atoms with van der Waals surface area (Å²) in [4.78, 5) is 11.1. The molecule has 3 nitrogen and oxygen atoms in total. The Balaban J connectivity index is 3.87. The van der Waals surface area contributed by atoms with E-state index >= 15 is 0 Å². The van der Waals surface area contributed by atoms with Crippen LogP contribution >= 0.6 is 11.6 Å². The van der Waals surface area contributed by atoms with Crippen molar-refractivity contribution in [2.75, 3.05) is 5.88 Å². The third kappa shape index (κ3) is 5.38. The standard InChI is InChI=1S/C8H16ClNO2/c1-8(2,3)12-7(11)6(10)4-5-9/h6H,4-5,10H2,1-3H3. The molecular formula is C8H16ClNO2. The van der Waals surface area contributed by atoms with E-state index in [2.05, 4.69) is 0 Å². The molecule has 0 heterocycles. The number of alkyl halides is 1. The Kier molecular flexibility index (Phi) is 4.57. The van der Waals surface area contributed by atoms with E-state index < -0.39 is 11.6 Å². The minimum absolute atomic E-state index is 0.375. The molecule has 0 radical (unpaired) electrons. The largest absolute Gasteiger partial charge is 0.459 e. The fourth-order valence-corrected chi connectivity index (χ4v) is 0.848. The number of hydrogen-bond donors (Lipinski definition) is 1. The highest BCUT2D eigenvalue weighted by Crippen LogP contribution is 2.08. The Morgan fingerprint density at radius 2 is 2.08 bits per heavy atom. The molecule has 0 fully saturated rings. The molecule has 12 heavy (non-hydrogen) atoms. The lowest BCUT2D eigenvalue weighted by Crippen LogP contribution is -2.37. The van der Waals surface area contributed by atoms with Gasteiger partial charge in [0.2, 0.25) is 0 Å². The summed E-state index contributed by atoms with van der Waals surface area (Å²) in [5, 5.41) is 0. The summed E-state index contributed by atoms with van der Waals surface area (Å²) in [7, 11) is 0. The van der Waals surface area contributed by atoms with Gasteiger partial charge in [-0.15, -0.1) is 11.6 Å². The van der Waals surface area contributed by atoms with Crippen molar-refractivity contribution in [3.8, 4) is 0 Å². The maximum atomic E-state index is 11.1. The number of halogens is 1. The molecule has 0 saturated heterocycles. The second-order valence-electron chi connectivity index (χ2n) is 3.62. The molecule has 0 saturated carbocycles. The zero-order valence-electron chi connectivity index (χ0n) is 7.76. The quantitative estimate of drug-likeness (QED) is 0.543. The molecule has 2 N–H and O–H groups in total. The first-order chi connectivity index (χ1) is 5.37. The summed E-state index contributed by atoms with van der Waals surface area (Å²) in [5.74, 6) is -0.0106. The number of rotatable bonds is 3. The Morgan fingerprint density at radius 3 is 2.42 bits per heavy atom. The smallest absolute Gasteiger partial charge is 0.323 e. The van der Waals surface area contributed by atoms with Gasteiger partial charge in [0.25, 0.3) is 0 Å². The first kappa shape index (κ1) is 11.7. The van der Waals surface area contributed by atoms with Crippen molar-refractivity contribution < 1.29 is 9.53 Å². The Morgan fingerprint density at radius 1 is 1.58 bits per heavy atom. The van der Waals surface area contributed by atoms with E-state index in [1.165, 1.54) is 0 Å². The van der Waals surface area contributed by atoms with Crippen LogP contribution in [0, 0.1) is 0 Å². The van der Waals surface area contributed by atoms with Crippen LogP contribution in [0.2, 0.25) is 0 Å². The topological polar surface area (TPSA) is 52.3 Å². The molecule has 0 amide bonds. The number of carbonyl (C=O) groups excluding carboxylic acids is 1. The van der Waals surface area contributed by atoms with Gasteiger partial charge in [-0.3, -0.25) is 4.79 Å². The molecule has 1 unspecified atom stereocenters. The third-order valence-electron chi connectivity index (χ3n) is 1.13. The summed E-state index contributed by atoms with van der Waals surface area (Å²) in [6.07, 6.45) is 0.455. The highest BCUT2D eigenvalue weighted by atomic mass is 35.5. The van der Waals surface area contributed by atoms with Crippen LogP contribution in [0.3, 0.4) is 0 Å². The second kappa shape index (κ2) is 4.67. The van der Waals surface area contributed by atoms with Crippen LogP contribution in [0.15, 0.2) is 0 Å². The predicted octanol–water partition coefficient (Wildman–Crippen LogP) is 1.28. The summed E-state index contributed by atoms with van der Waals surface area (Å²) in [6, 6.07) is -0.596. The van der Waals surface area contributed by atoms with E-state index in [9.17, 15) is 4.79 Å². The molecule has 1 atom stereocenters. The van der Waals surface area contributed by atoms with Gasteiger partial charge in [0.15, 0.2) is 0 Å². The van der Waals surface area contributed by atoms with Gasteiger partial charge in [-0.1, -0.05) is 0 Å². The lowest BCUT2D eigenvalue weighted by molar-refractivity contribution is -0.156. The third-order valence-corrected chi connectivity index (χ3v) is 1.35. The van der Waals surface area contributed by atoms with Gasteiger partial charge in [0, 0.05) is 5.88 Å². The number of hydrogen-bond acceptors (Lipinski definition) is 3. The molecule has 72 valence electrons. The molecule has 0 aromatic carbocycles. The van der Waals surface area contributed by atoms with Crippen LogP contribution in [-0.4, -0.2) is 23.5 Å². The SMILES string of the molecule is CC(C)(C)OC(=O)C(N)CCCl. The summed E-state index contributed by atoms with van der Waals surface area (Å²) >= 11 is 5.42. The van der Waals surface area contributed by atoms with Gasteiger partial charge in [-0.05, 0) is 27.2 Å². The highest BCUT2D eigenvalue weighted by Gasteiger charge is 2.21. The van der Waals surface area contributed by atoms with E-state index in [1.54, 1.807) is 20.8 Å². The van der Waals surface area contributed by atoms with Crippen LogP contribution in [0.5, 0.6) is 0 Å². The number of esters is 1. The Hall–Kier alpha value is -0.280. The average Bonchev–Trinajstić information content (AvgIpc) is 1.84. The first-order valence-corrected chi connectivity index (χ1v) is 4.44. The predicted molar refractivity (Wildman–Crippen MR) is 49.2 cm³/mol. The maximum absolute atomic E-state index is 11.1. The molecule has 0 bridgehead atoms. The van der Waals surface area contributed by atoms with Crippen LogP contribution < -0.4 is 5.73 Å². The van der Waals surface area contributed by atoms with Gasteiger partial charge >= 0.3 is 5.97 Å². The number of ether oxygens (including phenoxy) is 1. The molecule has 0 aliphatic rings. The van der Waals surface area contributed by atoms with Crippen LogP contribution in [-0.2, 0) is 9.53 Å². The van der Waals surface area contributed by atoms with E-state index in [4.69, 9.17) is 22.1 Å². The lowest BCUT2D eigenvalue weighted by atomic mass is 10.2. The van der Waals surface area contributed by atoms with E-state index in [0.717, 1.165) is 0 Å². The lowest BCUT2D eigenvalue weighted by Gasteiger charge is -2.21. The van der Waals surface area contributed by atoms with Crippen molar-refractivity contribution >= 4 is 17.6 Å². The van der Waals surface area contributed by atoms with Crippen molar-refractivity contribution in [1.29, 1.82) is 0 Å². The molecular weight excluding hydrogens is 178 g/mol. The first-order valence-electron chi connectivity index (χ1n) is 3.91. The second-order valence-corrected chi connectivity index (χ2v) is 4.00. The molecule has 0 aromatic rings. The van der Waals surface area contributed by atoms with Gasteiger partial charge in [0.1, 0.15) is 11.6 Å². The molecule has 0 aromatic heterocycles. The number of nitrogens with two attached hydrogens (primary N) is 1. The van der Waals surface area contributed by atoms with Crippen molar-refractivity contribution in [2.45, 2.75) is 38.8 Å². The van der Waals surface area contributed by atoms with Gasteiger partial charge in [-0.25, -0.2) is 0 Å². The Bertz CT molecular complexity index is 154. The molecule has 4 heteroatoms. The fraction of sp³-hybridized carbons (Fsp3) is 0.875. The van der Waals surface area contributed by atoms with Crippen molar-refractivity contribution in [2.24, 2.45) is 5.73 Å². The van der Waals surface area contributed by atoms with Gasteiger partial charge in [-0.2, -0.15) is 0 Å². The minimum atomic E-state index is -0.596. The number of carbonyl (C=O) groups is 1. The fourth-order valence-electron chi connectivity index (χ4n) is 0.613. The summed E-state index contributed by atoms with van der Waals surface area (Å²) in [6.45, 7) is 5.41. The summed E-state index contributed by atoms with van der Waals surface area (Å²) in [5.41, 5.74) is 5.00. The zero-order valence-corrected chi connectivity index (χ0v) is 8.52. The van der Waals surface area contributed by atoms with Crippen LogP contribution in [0.1, 0.15) is 27.2 Å². The normalized spacial score (nSPS) is 14.1. The van der Waals surface area contributed by atoms with E-state index in [1.807, 2.05) is 0 Å². The van der Waals surface area contributed by atoms with Crippen molar-refractivity contribution in [3.63, 3.8) is 0 Å². The average molecular weight is 194 g/mol. The molecule has 0 aliphatic carbocycles. The minimum Gasteiger partial charge on any atom is -0.459 e. The molecule has 0 spiro atoms. The van der Waals surface area contributed by atoms with E-state index in [0.29, 0.717) is 12.3 Å². The van der Waals surface area contributed by atoms with Gasteiger partial charge in [0.05, 0.1) is 0 Å². The zero-order chi connectivity index (χ0) is 9.78. The van der Waals surface area contributed by atoms with Crippen LogP contribution in [0.4, 0.5) is 0 Å². The van der Waals surface area contributed by atoms with Crippen molar-refractivity contribution in [3.05, 3.63) is 0 Å². The van der Waals surface area contributed by atoms with Crippen molar-refractivity contribution in [1.82, 2.24) is 0 Å². The summed E-state index contributed by atoms with van der Waals surface area (Å²) < 4.78 is 5.03. The Labute approximate surface area is 78.2 Å². The monoisotopic (exact) mass is 193 g/mol. The van der Waals surface area contributed by atoms with Crippen LogP contribution in [0.25, 0.3) is 0 Å². The maximum Gasteiger partial charge on any atom is 0.323 e. The molecule has 0 rings (SSSR count).